The zero-order valence-electron chi connectivity index (χ0n) is 14.2. The highest BCUT2D eigenvalue weighted by atomic mass is 79.9. The van der Waals surface area contributed by atoms with Crippen molar-refractivity contribution in [2.24, 2.45) is 0 Å². The van der Waals surface area contributed by atoms with Gasteiger partial charge in [0.05, 0.1) is 5.75 Å². The average molecular weight is 449 g/mol. The summed E-state index contributed by atoms with van der Waals surface area (Å²) in [6.07, 6.45) is 2.00. The van der Waals surface area contributed by atoms with Crippen LogP contribution in [0.3, 0.4) is 0 Å². The molecule has 2 rings (SSSR count). The Kier molecular flexibility index (Phi) is 6.17. The molecule has 2 heterocycles. The predicted molar refractivity (Wildman–Crippen MR) is 103 cm³/mol. The van der Waals surface area contributed by atoms with Crippen LogP contribution in [0, 0.1) is 0 Å². The summed E-state index contributed by atoms with van der Waals surface area (Å²) in [5.41, 5.74) is 0.381. The summed E-state index contributed by atoms with van der Waals surface area (Å²) >= 11 is 3.20. The van der Waals surface area contributed by atoms with Crippen LogP contribution in [0.5, 0.6) is 11.5 Å². The lowest BCUT2D eigenvalue weighted by atomic mass is 10.3. The van der Waals surface area contributed by atoms with Gasteiger partial charge < -0.3 is 13.9 Å². The van der Waals surface area contributed by atoms with Gasteiger partial charge in [0.25, 0.3) is 5.88 Å². The first kappa shape index (κ1) is 19.8. The van der Waals surface area contributed by atoms with E-state index in [1.54, 1.807) is 24.4 Å². The summed E-state index contributed by atoms with van der Waals surface area (Å²) in [7, 11) is -5.76. The number of rotatable bonds is 8. The zero-order chi connectivity index (χ0) is 18.7. The van der Waals surface area contributed by atoms with Crippen molar-refractivity contribution >= 4 is 40.2 Å². The molecule has 138 valence electrons. The Morgan fingerprint density at radius 3 is 2.64 bits per heavy atom. The quantitative estimate of drug-likeness (QED) is 0.470. The molecule has 25 heavy (non-hydrogen) atoms. The fraction of sp³-hybridized carbons (Fsp3) is 0.400. The normalized spacial score (nSPS) is 12.2. The van der Waals surface area contributed by atoms with E-state index < -0.39 is 18.3 Å². The van der Waals surface area contributed by atoms with Gasteiger partial charge >= 0.3 is 0 Å². The van der Waals surface area contributed by atoms with Crippen LogP contribution in [0.2, 0.25) is 19.6 Å². The number of anilines is 1. The number of aromatic nitrogens is 1. The Hall–Kier alpha value is -1.52. The van der Waals surface area contributed by atoms with E-state index >= 15 is 0 Å². The highest BCUT2D eigenvalue weighted by Crippen LogP contribution is 2.46. The molecule has 2 N–H and O–H groups in total. The number of pyridine rings is 1. The Morgan fingerprint density at radius 2 is 2.08 bits per heavy atom. The summed E-state index contributed by atoms with van der Waals surface area (Å²) in [4.78, 5) is 4.13. The molecule has 0 aliphatic heterocycles. The molecular formula is C15H21BrN2O5SSi. The minimum Gasteiger partial charge on any atom is -0.538 e. The Bertz CT molecular complexity index is 818. The molecular weight excluding hydrogens is 428 g/mol. The van der Waals surface area contributed by atoms with Gasteiger partial charge in [-0.3, -0.25) is 4.98 Å². The number of hydrogen-bond acceptors (Lipinski definition) is 6. The van der Waals surface area contributed by atoms with Gasteiger partial charge in [-0.2, -0.15) is 0 Å². The molecule has 0 aromatic carbocycles. The Morgan fingerprint density at radius 1 is 1.36 bits per heavy atom. The average Bonchev–Trinajstić information content (AvgIpc) is 2.81. The van der Waals surface area contributed by atoms with Gasteiger partial charge in [-0.15, -0.1) is 0 Å². The molecule has 0 saturated carbocycles. The molecule has 0 aliphatic rings. The molecule has 10 heteroatoms. The summed E-state index contributed by atoms with van der Waals surface area (Å²) in [6, 6.07) is 5.12. The predicted octanol–water partition coefficient (Wildman–Crippen LogP) is 3.79. The van der Waals surface area contributed by atoms with Crippen molar-refractivity contribution in [1.82, 2.24) is 4.98 Å². The Labute approximate surface area is 156 Å². The van der Waals surface area contributed by atoms with Crippen LogP contribution < -0.4 is 9.15 Å². The molecule has 0 aliphatic carbocycles. The first-order valence-electron chi connectivity index (χ1n) is 7.65. The molecule has 0 spiro atoms. The molecule has 0 radical (unpaired) electrons. The molecule has 0 saturated heterocycles. The lowest BCUT2D eigenvalue weighted by Crippen LogP contribution is -2.29. The van der Waals surface area contributed by atoms with Crippen molar-refractivity contribution in [3.05, 3.63) is 24.4 Å². The van der Waals surface area contributed by atoms with E-state index in [-0.39, 0.29) is 28.9 Å². The largest absolute Gasteiger partial charge is 0.538 e. The van der Waals surface area contributed by atoms with E-state index in [0.717, 1.165) is 0 Å². The van der Waals surface area contributed by atoms with Crippen LogP contribution in [-0.2, 0) is 10.0 Å². The smallest absolute Gasteiger partial charge is 0.252 e. The van der Waals surface area contributed by atoms with Crippen LogP contribution in [0.4, 0.5) is 5.88 Å². The highest BCUT2D eigenvalue weighted by molar-refractivity contribution is 9.09. The number of hydrogen-bond donors (Lipinski definition) is 2. The number of nitrogens with zero attached hydrogens (tertiary/aromatic N) is 1. The maximum Gasteiger partial charge on any atom is 0.252 e. The van der Waals surface area contributed by atoms with Crippen molar-refractivity contribution in [3.63, 3.8) is 0 Å². The fourth-order valence-corrected chi connectivity index (χ4v) is 4.48. The monoisotopic (exact) mass is 448 g/mol. The molecule has 2 aromatic rings. The lowest BCUT2D eigenvalue weighted by Gasteiger charge is -2.19. The maximum absolute atomic E-state index is 12.2. The van der Waals surface area contributed by atoms with Crippen molar-refractivity contribution in [3.8, 4) is 23.0 Å². The van der Waals surface area contributed by atoms with Gasteiger partial charge in [0.1, 0.15) is 5.69 Å². The van der Waals surface area contributed by atoms with Crippen LogP contribution in [0.15, 0.2) is 28.8 Å². The first-order valence-corrected chi connectivity index (χ1v) is 13.8. The van der Waals surface area contributed by atoms with E-state index in [0.29, 0.717) is 17.4 Å². The van der Waals surface area contributed by atoms with Crippen molar-refractivity contribution in [2.45, 2.75) is 26.1 Å². The minimum absolute atomic E-state index is 0.00207. The van der Waals surface area contributed by atoms with E-state index in [9.17, 15) is 13.5 Å². The third kappa shape index (κ3) is 5.48. The summed E-state index contributed by atoms with van der Waals surface area (Å²) in [6.45, 7) is 5.76. The summed E-state index contributed by atoms with van der Waals surface area (Å²) in [5, 5.41) is 11.1. The van der Waals surface area contributed by atoms with Crippen LogP contribution in [0.1, 0.15) is 6.42 Å². The van der Waals surface area contributed by atoms with E-state index in [4.69, 9.17) is 8.84 Å². The number of halogens is 1. The van der Waals surface area contributed by atoms with Crippen molar-refractivity contribution in [2.75, 3.05) is 15.8 Å². The number of aromatic hydroxyl groups is 1. The number of alkyl halides is 1. The summed E-state index contributed by atoms with van der Waals surface area (Å²) < 4.78 is 38.2. The maximum atomic E-state index is 12.2. The van der Waals surface area contributed by atoms with E-state index in [1.165, 1.54) is 0 Å². The fourth-order valence-electron chi connectivity index (χ4n) is 1.98. The van der Waals surface area contributed by atoms with E-state index in [2.05, 4.69) is 25.6 Å². The van der Waals surface area contributed by atoms with Crippen LogP contribution >= 0.6 is 15.9 Å². The molecule has 0 unspecified atom stereocenters. The minimum atomic E-state index is -3.63. The molecule has 0 bridgehead atoms. The molecule has 0 amide bonds. The van der Waals surface area contributed by atoms with Crippen LogP contribution in [-0.4, -0.2) is 37.9 Å². The van der Waals surface area contributed by atoms with Crippen LogP contribution in [0.25, 0.3) is 11.5 Å². The van der Waals surface area contributed by atoms with Gasteiger partial charge in [0, 0.05) is 11.5 Å². The molecule has 0 atom stereocenters. The topological polar surface area (TPSA) is 102 Å². The second-order valence-electron chi connectivity index (χ2n) is 6.33. The zero-order valence-corrected chi connectivity index (χ0v) is 17.6. The second-order valence-corrected chi connectivity index (χ2v) is 13.4. The SMILES string of the molecule is C[Si](C)(C)Oc1c(NS(=O)(=O)CCCBr)oc(-c2ccccn2)c1O. The summed E-state index contributed by atoms with van der Waals surface area (Å²) in [5.74, 6) is -0.408. The molecule has 0 fully saturated rings. The third-order valence-electron chi connectivity index (χ3n) is 2.94. The second kappa shape index (κ2) is 7.79. The highest BCUT2D eigenvalue weighted by Gasteiger charge is 2.30. The first-order chi connectivity index (χ1) is 11.6. The lowest BCUT2D eigenvalue weighted by molar-refractivity contribution is 0.440. The van der Waals surface area contributed by atoms with E-state index in [1.807, 2.05) is 19.6 Å². The van der Waals surface area contributed by atoms with Gasteiger partial charge in [-0.25, -0.2) is 13.1 Å². The Balaban J connectivity index is 2.46. The molecule has 7 nitrogen and oxygen atoms in total. The van der Waals surface area contributed by atoms with Gasteiger partial charge in [0.2, 0.25) is 35.6 Å². The third-order valence-corrected chi connectivity index (χ3v) is 5.64. The number of furan rings is 1. The van der Waals surface area contributed by atoms with Gasteiger partial charge in [-0.05, 0) is 38.2 Å². The van der Waals surface area contributed by atoms with Crippen molar-refractivity contribution in [1.29, 1.82) is 0 Å². The van der Waals surface area contributed by atoms with Gasteiger partial charge in [-0.1, -0.05) is 22.0 Å². The molecule has 2 aromatic heterocycles. The number of sulfonamides is 1. The van der Waals surface area contributed by atoms with Crippen molar-refractivity contribution < 1.29 is 22.4 Å². The number of nitrogens with one attached hydrogen (secondary N) is 1. The van der Waals surface area contributed by atoms with Gasteiger partial charge in [0.15, 0.2) is 0 Å². The standard InChI is InChI=1S/C15H21BrN2O5SSi/c1-25(2,3)23-14-12(19)13(11-7-4-5-9-17-11)22-15(14)18-24(20,21)10-6-8-16/h4-5,7,9,18-19H,6,8,10H2,1-3H3.